The Morgan fingerprint density at radius 3 is 1.56 bits per heavy atom. The number of benzene rings is 8. The van der Waals surface area contributed by atoms with Crippen molar-refractivity contribution in [3.63, 3.8) is 0 Å². The van der Waals surface area contributed by atoms with Gasteiger partial charge in [-0.1, -0.05) is 129 Å². The standard InChI is InChI=1S/C55H39N5O/c1-2-3-14-35-23-26-39(27-24-35)59-45-21-12-10-19-42(45)51-47(59)30-31-48-52(51)43-20-11-13-22-46(43)60(48)40-28-32-49-44(34-40)41-29-25-38(33-50(41)61-49)55-57-53(36-15-6-4-7-16-36)56-54(58-55)37-17-8-5-9-18-37/h4-13,15-34H,2-3,14H2,1H3. The van der Waals surface area contributed by atoms with Crippen LogP contribution in [0, 0.1) is 0 Å². The van der Waals surface area contributed by atoms with Gasteiger partial charge in [-0.25, -0.2) is 15.0 Å². The minimum absolute atomic E-state index is 0.595. The molecule has 0 radical (unpaired) electrons. The Morgan fingerprint density at radius 2 is 0.951 bits per heavy atom. The molecule has 0 bridgehead atoms. The van der Waals surface area contributed by atoms with Gasteiger partial charge in [-0.05, 0) is 85.1 Å². The number of aromatic nitrogens is 5. The van der Waals surface area contributed by atoms with Crippen molar-refractivity contribution in [3.8, 4) is 45.5 Å². The van der Waals surface area contributed by atoms with Gasteiger partial charge < -0.3 is 13.6 Å². The molecule has 61 heavy (non-hydrogen) atoms. The SMILES string of the molecule is CCCCc1ccc(-n2c3ccccc3c3c4c5ccccc5n(-c5ccc6oc7cc(-c8nc(-c9ccccc9)nc(-c9ccccc9)n8)ccc7c6c5)c4ccc32)cc1. The average Bonchev–Trinajstić information content (AvgIpc) is 3.98. The van der Waals surface area contributed by atoms with Gasteiger partial charge in [-0.3, -0.25) is 0 Å². The molecular weight excluding hydrogens is 747 g/mol. The normalized spacial score (nSPS) is 11.9. The lowest BCUT2D eigenvalue weighted by atomic mass is 10.1. The summed E-state index contributed by atoms with van der Waals surface area (Å²) in [5.74, 6) is 1.85. The minimum atomic E-state index is 0.595. The van der Waals surface area contributed by atoms with Crippen molar-refractivity contribution in [2.45, 2.75) is 26.2 Å². The largest absolute Gasteiger partial charge is 0.456 e. The van der Waals surface area contributed by atoms with Crippen LogP contribution in [-0.2, 0) is 6.42 Å². The quantitative estimate of drug-likeness (QED) is 0.154. The first-order valence-electron chi connectivity index (χ1n) is 21.1. The number of nitrogens with zero attached hydrogens (tertiary/aromatic N) is 5. The highest BCUT2D eigenvalue weighted by molar-refractivity contribution is 6.29. The number of rotatable bonds is 8. The summed E-state index contributed by atoms with van der Waals surface area (Å²) in [6.07, 6.45) is 3.51. The van der Waals surface area contributed by atoms with Gasteiger partial charge in [0.2, 0.25) is 0 Å². The van der Waals surface area contributed by atoms with E-state index in [9.17, 15) is 0 Å². The number of unbranched alkanes of at least 4 members (excludes halogenated alkanes) is 1. The van der Waals surface area contributed by atoms with Crippen LogP contribution in [0.1, 0.15) is 25.3 Å². The van der Waals surface area contributed by atoms with E-state index in [1.54, 1.807) is 0 Å². The number of aryl methyl sites for hydroxylation is 1. The van der Waals surface area contributed by atoms with E-state index in [1.807, 2.05) is 60.7 Å². The van der Waals surface area contributed by atoms with Gasteiger partial charge in [0.1, 0.15) is 11.2 Å². The molecule has 0 amide bonds. The fraction of sp³-hybridized carbons (Fsp3) is 0.0727. The highest BCUT2D eigenvalue weighted by atomic mass is 16.3. The van der Waals surface area contributed by atoms with E-state index < -0.39 is 0 Å². The zero-order valence-electron chi connectivity index (χ0n) is 33.6. The van der Waals surface area contributed by atoms with Crippen molar-refractivity contribution in [1.82, 2.24) is 24.1 Å². The molecule has 12 aromatic rings. The Bertz CT molecular complexity index is 3560. The van der Waals surface area contributed by atoms with Crippen LogP contribution < -0.4 is 0 Å². The summed E-state index contributed by atoms with van der Waals surface area (Å²) < 4.78 is 11.4. The van der Waals surface area contributed by atoms with Crippen LogP contribution in [0.15, 0.2) is 186 Å². The molecular formula is C55H39N5O. The molecule has 6 nitrogen and oxygen atoms in total. The van der Waals surface area contributed by atoms with E-state index in [0.29, 0.717) is 17.5 Å². The number of hydrogen-bond donors (Lipinski definition) is 0. The minimum Gasteiger partial charge on any atom is -0.456 e. The molecule has 0 unspecified atom stereocenters. The molecule has 0 spiro atoms. The van der Waals surface area contributed by atoms with Crippen molar-refractivity contribution in [3.05, 3.63) is 188 Å². The maximum atomic E-state index is 6.59. The Morgan fingerprint density at radius 1 is 0.410 bits per heavy atom. The zero-order valence-corrected chi connectivity index (χ0v) is 33.6. The van der Waals surface area contributed by atoms with Crippen LogP contribution in [0.25, 0.3) is 111 Å². The number of fused-ring (bicyclic) bond motifs is 10. The van der Waals surface area contributed by atoms with Crippen molar-refractivity contribution in [2.24, 2.45) is 0 Å². The van der Waals surface area contributed by atoms with Crippen LogP contribution in [0.2, 0.25) is 0 Å². The molecule has 12 rings (SSSR count). The summed E-state index contributed by atoms with van der Waals surface area (Å²) in [5.41, 5.74) is 12.7. The molecule has 0 N–H and O–H groups in total. The molecule has 0 aliphatic carbocycles. The number of para-hydroxylation sites is 2. The first kappa shape index (κ1) is 35.1. The third-order valence-corrected chi connectivity index (χ3v) is 12.2. The molecule has 0 saturated heterocycles. The summed E-state index contributed by atoms with van der Waals surface area (Å²) in [5, 5.41) is 7.09. The summed E-state index contributed by atoms with van der Waals surface area (Å²) in [7, 11) is 0. The first-order valence-corrected chi connectivity index (χ1v) is 21.1. The van der Waals surface area contributed by atoms with Crippen molar-refractivity contribution >= 4 is 65.6 Å². The van der Waals surface area contributed by atoms with E-state index in [1.165, 1.54) is 62.2 Å². The van der Waals surface area contributed by atoms with E-state index in [-0.39, 0.29) is 0 Å². The molecule has 6 heteroatoms. The van der Waals surface area contributed by atoms with Crippen molar-refractivity contribution in [1.29, 1.82) is 0 Å². The van der Waals surface area contributed by atoms with Crippen LogP contribution in [-0.4, -0.2) is 24.1 Å². The smallest absolute Gasteiger partial charge is 0.164 e. The lowest BCUT2D eigenvalue weighted by Crippen LogP contribution is -2.00. The summed E-state index contributed by atoms with van der Waals surface area (Å²) in [6, 6.07) is 64.3. The molecule has 290 valence electrons. The molecule has 0 aliphatic rings. The fourth-order valence-corrected chi connectivity index (χ4v) is 9.25. The monoisotopic (exact) mass is 785 g/mol. The molecule has 4 aromatic heterocycles. The zero-order chi connectivity index (χ0) is 40.4. The Balaban J connectivity index is 1.01. The lowest BCUT2D eigenvalue weighted by Gasteiger charge is -2.10. The Hall–Kier alpha value is -7.83. The first-order chi connectivity index (χ1) is 30.2. The molecule has 0 fully saturated rings. The number of furan rings is 1. The maximum Gasteiger partial charge on any atom is 0.164 e. The second-order valence-corrected chi connectivity index (χ2v) is 15.9. The highest BCUT2D eigenvalue weighted by Crippen LogP contribution is 2.43. The van der Waals surface area contributed by atoms with Gasteiger partial charge in [-0.2, -0.15) is 0 Å². The molecule has 4 heterocycles. The van der Waals surface area contributed by atoms with E-state index in [4.69, 9.17) is 19.4 Å². The third kappa shape index (κ3) is 5.75. The van der Waals surface area contributed by atoms with Crippen LogP contribution in [0.3, 0.4) is 0 Å². The predicted octanol–water partition coefficient (Wildman–Crippen LogP) is 14.3. The van der Waals surface area contributed by atoms with E-state index >= 15 is 0 Å². The summed E-state index contributed by atoms with van der Waals surface area (Å²) in [4.78, 5) is 14.8. The van der Waals surface area contributed by atoms with Gasteiger partial charge >= 0.3 is 0 Å². The van der Waals surface area contributed by atoms with Crippen LogP contribution in [0.4, 0.5) is 0 Å². The summed E-state index contributed by atoms with van der Waals surface area (Å²) in [6.45, 7) is 2.25. The summed E-state index contributed by atoms with van der Waals surface area (Å²) >= 11 is 0. The second-order valence-electron chi connectivity index (χ2n) is 15.9. The van der Waals surface area contributed by atoms with Crippen LogP contribution in [0.5, 0.6) is 0 Å². The molecule has 0 aliphatic heterocycles. The topological polar surface area (TPSA) is 61.7 Å². The fourth-order valence-electron chi connectivity index (χ4n) is 9.25. The van der Waals surface area contributed by atoms with Crippen LogP contribution >= 0.6 is 0 Å². The molecule has 0 atom stereocenters. The van der Waals surface area contributed by atoms with Crippen molar-refractivity contribution < 1.29 is 4.42 Å². The second kappa shape index (κ2) is 14.2. The van der Waals surface area contributed by atoms with E-state index in [2.05, 4.69) is 137 Å². The maximum absolute atomic E-state index is 6.59. The average molecular weight is 786 g/mol. The third-order valence-electron chi connectivity index (χ3n) is 12.2. The Kier molecular flexibility index (Phi) is 8.17. The highest BCUT2D eigenvalue weighted by Gasteiger charge is 2.21. The van der Waals surface area contributed by atoms with Gasteiger partial charge in [0.05, 0.1) is 22.1 Å². The van der Waals surface area contributed by atoms with Gasteiger partial charge in [0.15, 0.2) is 17.5 Å². The van der Waals surface area contributed by atoms with Crippen molar-refractivity contribution in [2.75, 3.05) is 0 Å². The van der Waals surface area contributed by atoms with E-state index in [0.717, 1.165) is 56.3 Å². The van der Waals surface area contributed by atoms with Gasteiger partial charge in [-0.15, -0.1) is 0 Å². The molecule has 8 aromatic carbocycles. The van der Waals surface area contributed by atoms with Gasteiger partial charge in [0, 0.05) is 60.4 Å². The number of hydrogen-bond acceptors (Lipinski definition) is 4. The Labute approximate surface area is 352 Å². The lowest BCUT2D eigenvalue weighted by molar-refractivity contribution is 0.669. The molecule has 0 saturated carbocycles. The predicted molar refractivity (Wildman–Crippen MR) is 251 cm³/mol. The van der Waals surface area contributed by atoms with Gasteiger partial charge in [0.25, 0.3) is 0 Å².